The number of hydrogen-bond acceptors (Lipinski definition) is 3. The molecule has 0 unspecified atom stereocenters. The molecule has 1 fully saturated rings. The van der Waals surface area contributed by atoms with Gasteiger partial charge in [0.2, 0.25) is 0 Å². The Kier molecular flexibility index (Phi) is 6.22. The Labute approximate surface area is 176 Å². The molecule has 156 valence electrons. The van der Waals surface area contributed by atoms with Crippen LogP contribution in [0.1, 0.15) is 55.7 Å². The highest BCUT2D eigenvalue weighted by Gasteiger charge is 2.28. The zero-order valence-electron chi connectivity index (χ0n) is 17.4. The molecule has 1 saturated heterocycles. The van der Waals surface area contributed by atoms with Gasteiger partial charge in [-0.15, -0.1) is 0 Å². The molecular weight excluding hydrogens is 390 g/mol. The van der Waals surface area contributed by atoms with Crippen molar-refractivity contribution in [2.24, 2.45) is 0 Å². The summed E-state index contributed by atoms with van der Waals surface area (Å²) in [5, 5.41) is 3.54. The van der Waals surface area contributed by atoms with Crippen molar-refractivity contribution in [3.05, 3.63) is 52.8 Å². The fourth-order valence-corrected chi connectivity index (χ4v) is 3.65. The van der Waals surface area contributed by atoms with E-state index in [1.165, 1.54) is 0 Å². The second-order valence-corrected chi connectivity index (χ2v) is 8.85. The molecule has 3 rings (SSSR count). The van der Waals surface area contributed by atoms with Gasteiger partial charge >= 0.3 is 6.09 Å². The number of halogens is 1. The summed E-state index contributed by atoms with van der Waals surface area (Å²) in [6.07, 6.45) is 3.18. The summed E-state index contributed by atoms with van der Waals surface area (Å²) in [6, 6.07) is 9.28. The van der Waals surface area contributed by atoms with Gasteiger partial charge in [-0.2, -0.15) is 0 Å². The Morgan fingerprint density at radius 1 is 1.17 bits per heavy atom. The molecule has 0 bridgehead atoms. The van der Waals surface area contributed by atoms with Crippen LogP contribution in [0.25, 0.3) is 0 Å². The Morgan fingerprint density at radius 2 is 1.86 bits per heavy atom. The number of carbonyl (C=O) groups is 2. The van der Waals surface area contributed by atoms with Crippen molar-refractivity contribution >= 4 is 29.3 Å². The topological polar surface area (TPSA) is 63.6 Å². The number of aryl methyl sites for hydroxylation is 1. The molecule has 2 amide bonds. The van der Waals surface area contributed by atoms with E-state index in [4.69, 9.17) is 16.3 Å². The lowest BCUT2D eigenvalue weighted by molar-refractivity contribution is 0.0187. The maximum Gasteiger partial charge on any atom is 0.410 e. The standard InChI is InChI=1S/C22H28ClN3O3/c1-15-7-8-16(23)14-18(15)24-20(27)19-6-5-11-26(19)17-9-12-25(13-10-17)21(28)29-22(2,3)4/h5-8,11,14,17H,9-10,12-13H2,1-4H3,(H,24,27). The van der Waals surface area contributed by atoms with Crippen LogP contribution in [0.15, 0.2) is 36.5 Å². The van der Waals surface area contributed by atoms with Gasteiger partial charge < -0.3 is 19.5 Å². The fourth-order valence-electron chi connectivity index (χ4n) is 3.47. The predicted octanol–water partition coefficient (Wildman–Crippen LogP) is 5.27. The number of piperidine rings is 1. The predicted molar refractivity (Wildman–Crippen MR) is 115 cm³/mol. The van der Waals surface area contributed by atoms with Gasteiger partial charge in [-0.3, -0.25) is 4.79 Å². The molecule has 2 aromatic rings. The molecule has 1 aliphatic rings. The largest absolute Gasteiger partial charge is 0.444 e. The zero-order chi connectivity index (χ0) is 21.2. The summed E-state index contributed by atoms with van der Waals surface area (Å²) in [6.45, 7) is 8.73. The molecule has 2 heterocycles. The zero-order valence-corrected chi connectivity index (χ0v) is 18.1. The van der Waals surface area contributed by atoms with Crippen molar-refractivity contribution in [2.75, 3.05) is 18.4 Å². The molecule has 1 N–H and O–H groups in total. The first kappa shape index (κ1) is 21.2. The maximum absolute atomic E-state index is 12.9. The van der Waals surface area contributed by atoms with E-state index in [0.29, 0.717) is 29.5 Å². The minimum absolute atomic E-state index is 0.157. The monoisotopic (exact) mass is 417 g/mol. The molecule has 0 spiro atoms. The number of nitrogens with zero attached hydrogens (tertiary/aromatic N) is 2. The summed E-state index contributed by atoms with van der Waals surface area (Å²) >= 11 is 6.06. The fraction of sp³-hybridized carbons (Fsp3) is 0.455. The van der Waals surface area contributed by atoms with Crippen LogP contribution in [0.4, 0.5) is 10.5 Å². The summed E-state index contributed by atoms with van der Waals surface area (Å²) in [7, 11) is 0. The van der Waals surface area contributed by atoms with Gasteiger partial charge in [-0.25, -0.2) is 4.79 Å². The highest BCUT2D eigenvalue weighted by Crippen LogP contribution is 2.27. The summed E-state index contributed by atoms with van der Waals surface area (Å²) < 4.78 is 7.46. The first-order valence-electron chi connectivity index (χ1n) is 9.86. The lowest BCUT2D eigenvalue weighted by Crippen LogP contribution is -2.42. The quantitative estimate of drug-likeness (QED) is 0.739. The second-order valence-electron chi connectivity index (χ2n) is 8.41. The van der Waals surface area contributed by atoms with Gasteiger partial charge in [0.25, 0.3) is 5.91 Å². The number of nitrogens with one attached hydrogen (secondary N) is 1. The van der Waals surface area contributed by atoms with Gasteiger partial charge in [0.05, 0.1) is 0 Å². The van der Waals surface area contributed by atoms with Gasteiger partial charge in [-0.1, -0.05) is 17.7 Å². The number of amides is 2. The average Bonchev–Trinajstić information content (AvgIpc) is 3.13. The molecule has 0 atom stereocenters. The maximum atomic E-state index is 12.9. The van der Waals surface area contributed by atoms with Gasteiger partial charge in [0.1, 0.15) is 11.3 Å². The number of hydrogen-bond donors (Lipinski definition) is 1. The van der Waals surface area contributed by atoms with Gasteiger partial charge in [0.15, 0.2) is 0 Å². The molecule has 1 aliphatic heterocycles. The molecular formula is C22H28ClN3O3. The molecule has 0 radical (unpaired) electrons. The number of carbonyl (C=O) groups excluding carboxylic acids is 2. The van der Waals surface area contributed by atoms with Crippen LogP contribution in [0.5, 0.6) is 0 Å². The second kappa shape index (κ2) is 8.49. The lowest BCUT2D eigenvalue weighted by Gasteiger charge is -2.34. The van der Waals surface area contributed by atoms with Gasteiger partial charge in [-0.05, 0) is 70.4 Å². The van der Waals surface area contributed by atoms with Crippen molar-refractivity contribution in [1.29, 1.82) is 0 Å². The minimum atomic E-state index is -0.502. The number of rotatable bonds is 3. The SMILES string of the molecule is Cc1ccc(Cl)cc1NC(=O)c1cccn1C1CCN(C(=O)OC(C)(C)C)CC1. The number of ether oxygens (including phenoxy) is 1. The normalized spacial score (nSPS) is 15.3. The van der Waals surface area contributed by atoms with E-state index in [2.05, 4.69) is 5.32 Å². The van der Waals surface area contributed by atoms with Crippen molar-refractivity contribution < 1.29 is 14.3 Å². The van der Waals surface area contributed by atoms with Crippen molar-refractivity contribution in [2.45, 2.75) is 52.2 Å². The van der Waals surface area contributed by atoms with E-state index < -0.39 is 5.60 Å². The third-order valence-electron chi connectivity index (χ3n) is 4.97. The molecule has 0 saturated carbocycles. The summed E-state index contributed by atoms with van der Waals surface area (Å²) in [5.41, 5.74) is 1.75. The number of aromatic nitrogens is 1. The summed E-state index contributed by atoms with van der Waals surface area (Å²) in [5.74, 6) is -0.171. The van der Waals surface area contributed by atoms with E-state index in [1.54, 1.807) is 17.0 Å². The first-order chi connectivity index (χ1) is 13.6. The number of benzene rings is 1. The lowest BCUT2D eigenvalue weighted by atomic mass is 10.0. The molecule has 0 aliphatic carbocycles. The smallest absolute Gasteiger partial charge is 0.410 e. The molecule has 7 heteroatoms. The van der Waals surface area contributed by atoms with Crippen LogP contribution in [0.2, 0.25) is 5.02 Å². The van der Waals surface area contributed by atoms with Gasteiger partial charge in [0, 0.05) is 36.0 Å². The molecule has 1 aromatic carbocycles. The van der Waals surface area contributed by atoms with E-state index in [9.17, 15) is 9.59 Å². The Bertz CT molecular complexity index is 893. The highest BCUT2D eigenvalue weighted by atomic mass is 35.5. The van der Waals surface area contributed by atoms with Crippen LogP contribution in [-0.2, 0) is 4.74 Å². The van der Waals surface area contributed by atoms with Crippen LogP contribution in [-0.4, -0.2) is 40.2 Å². The van der Waals surface area contributed by atoms with Crippen molar-refractivity contribution in [1.82, 2.24) is 9.47 Å². The Morgan fingerprint density at radius 3 is 2.52 bits per heavy atom. The molecule has 29 heavy (non-hydrogen) atoms. The molecule has 1 aromatic heterocycles. The third kappa shape index (κ3) is 5.32. The van der Waals surface area contributed by atoms with Crippen LogP contribution >= 0.6 is 11.6 Å². The number of likely N-dealkylation sites (tertiary alicyclic amines) is 1. The Balaban J connectivity index is 1.66. The third-order valence-corrected chi connectivity index (χ3v) is 5.20. The first-order valence-corrected chi connectivity index (χ1v) is 10.2. The molecule has 6 nitrogen and oxygen atoms in total. The summed E-state index contributed by atoms with van der Waals surface area (Å²) in [4.78, 5) is 26.9. The number of anilines is 1. The van der Waals surface area contributed by atoms with E-state index >= 15 is 0 Å². The average molecular weight is 418 g/mol. The van der Waals surface area contributed by atoms with Crippen LogP contribution in [0, 0.1) is 6.92 Å². The van der Waals surface area contributed by atoms with E-state index in [1.807, 2.05) is 56.7 Å². The van der Waals surface area contributed by atoms with E-state index in [-0.39, 0.29) is 18.0 Å². The van der Waals surface area contributed by atoms with Crippen LogP contribution < -0.4 is 5.32 Å². The van der Waals surface area contributed by atoms with Crippen molar-refractivity contribution in [3.8, 4) is 0 Å². The minimum Gasteiger partial charge on any atom is -0.444 e. The van der Waals surface area contributed by atoms with E-state index in [0.717, 1.165) is 18.4 Å². The Hall–Kier alpha value is -2.47. The van der Waals surface area contributed by atoms with Crippen molar-refractivity contribution in [3.63, 3.8) is 0 Å². The van der Waals surface area contributed by atoms with Crippen LogP contribution in [0.3, 0.4) is 0 Å². The highest BCUT2D eigenvalue weighted by molar-refractivity contribution is 6.31.